The molecule has 2 bridgehead atoms. The van der Waals surface area contributed by atoms with Crippen molar-refractivity contribution in [3.63, 3.8) is 0 Å². The molecule has 3 rings (SSSR count). The second-order valence-electron chi connectivity index (χ2n) is 5.70. The first-order valence-corrected chi connectivity index (χ1v) is 6.91. The predicted molar refractivity (Wildman–Crippen MR) is 68.7 cm³/mol. The van der Waals surface area contributed by atoms with Crippen LogP contribution in [0.25, 0.3) is 0 Å². The second-order valence-corrected chi connectivity index (χ2v) is 5.70. The topological polar surface area (TPSA) is 12.5 Å². The summed E-state index contributed by atoms with van der Waals surface area (Å²) >= 11 is 0. The van der Waals surface area contributed by atoms with Crippen LogP contribution in [-0.4, -0.2) is 30.1 Å². The molecule has 0 aliphatic carbocycles. The zero-order valence-electron chi connectivity index (χ0n) is 11.1. The van der Waals surface area contributed by atoms with E-state index in [1.807, 2.05) is 0 Å². The molecule has 4 heteroatoms. The van der Waals surface area contributed by atoms with Crippen LogP contribution in [0.1, 0.15) is 31.2 Å². The van der Waals surface area contributed by atoms with E-state index in [1.165, 1.54) is 18.9 Å². The van der Waals surface area contributed by atoms with E-state index in [2.05, 4.69) is 11.9 Å². The Hall–Kier alpha value is -1.00. The van der Waals surface area contributed by atoms with E-state index in [4.69, 9.17) is 4.74 Å². The number of ether oxygens (including phenoxy) is 1. The van der Waals surface area contributed by atoms with Crippen molar-refractivity contribution in [3.05, 3.63) is 35.4 Å². The number of rotatable bonds is 3. The molecular formula is C15H19F2NO. The van der Waals surface area contributed by atoms with Gasteiger partial charge in [0.15, 0.2) is 11.6 Å². The van der Waals surface area contributed by atoms with Crippen LogP contribution in [0.5, 0.6) is 0 Å². The van der Waals surface area contributed by atoms with Crippen LogP contribution in [0.4, 0.5) is 8.78 Å². The molecule has 0 amide bonds. The molecule has 0 aromatic heterocycles. The van der Waals surface area contributed by atoms with Crippen molar-refractivity contribution in [2.75, 3.05) is 7.05 Å². The summed E-state index contributed by atoms with van der Waals surface area (Å²) < 4.78 is 31.8. The minimum atomic E-state index is -0.805. The van der Waals surface area contributed by atoms with E-state index in [9.17, 15) is 8.78 Å². The Balaban J connectivity index is 1.57. The van der Waals surface area contributed by atoms with Crippen LogP contribution in [0.2, 0.25) is 0 Å². The third-order valence-corrected chi connectivity index (χ3v) is 4.52. The minimum Gasteiger partial charge on any atom is -0.373 e. The SMILES string of the molecule is CN1C2CCC1CC(OCc1ccc(F)c(F)c1)C2. The summed E-state index contributed by atoms with van der Waals surface area (Å²) in [7, 11) is 2.19. The molecule has 1 aromatic rings. The van der Waals surface area contributed by atoms with E-state index < -0.39 is 11.6 Å². The van der Waals surface area contributed by atoms with Gasteiger partial charge >= 0.3 is 0 Å². The minimum absolute atomic E-state index is 0.252. The van der Waals surface area contributed by atoms with E-state index >= 15 is 0 Å². The Morgan fingerprint density at radius 3 is 2.47 bits per heavy atom. The standard InChI is InChI=1S/C15H19F2NO/c1-18-11-3-4-12(18)8-13(7-11)19-9-10-2-5-14(16)15(17)6-10/h2,5-6,11-13H,3-4,7-9H2,1H3. The molecule has 2 fully saturated rings. The van der Waals surface area contributed by atoms with Gasteiger partial charge in [0.1, 0.15) is 0 Å². The van der Waals surface area contributed by atoms with E-state index in [0.717, 1.165) is 18.9 Å². The number of piperidine rings is 1. The van der Waals surface area contributed by atoms with Gasteiger partial charge in [-0.15, -0.1) is 0 Å². The summed E-state index contributed by atoms with van der Waals surface area (Å²) in [6, 6.07) is 5.23. The summed E-state index contributed by atoms with van der Waals surface area (Å²) in [6.07, 6.45) is 4.87. The van der Waals surface area contributed by atoms with Crippen LogP contribution < -0.4 is 0 Å². The molecule has 2 unspecified atom stereocenters. The highest BCUT2D eigenvalue weighted by Gasteiger charge is 2.38. The van der Waals surface area contributed by atoms with Crippen molar-refractivity contribution in [2.24, 2.45) is 0 Å². The summed E-state index contributed by atoms with van der Waals surface area (Å²) in [5, 5.41) is 0. The quantitative estimate of drug-likeness (QED) is 0.834. The molecule has 1 aromatic carbocycles. The Labute approximate surface area is 112 Å². The third kappa shape index (κ3) is 2.65. The molecule has 2 nitrogen and oxygen atoms in total. The maximum absolute atomic E-state index is 13.1. The normalized spacial score (nSPS) is 30.8. The van der Waals surface area contributed by atoms with E-state index in [-0.39, 0.29) is 6.10 Å². The van der Waals surface area contributed by atoms with Crippen LogP contribution >= 0.6 is 0 Å². The molecule has 0 radical (unpaired) electrons. The molecule has 2 heterocycles. The van der Waals surface area contributed by atoms with Gasteiger partial charge in [-0.1, -0.05) is 6.07 Å². The first-order chi connectivity index (χ1) is 9.13. The summed E-state index contributed by atoms with van der Waals surface area (Å²) in [4.78, 5) is 2.46. The summed E-state index contributed by atoms with van der Waals surface area (Å²) in [5.41, 5.74) is 0.699. The molecule has 0 N–H and O–H groups in total. The van der Waals surface area contributed by atoms with Gasteiger partial charge in [-0.05, 0) is 50.4 Å². The zero-order valence-corrected chi connectivity index (χ0v) is 11.1. The van der Waals surface area contributed by atoms with Gasteiger partial charge in [0.2, 0.25) is 0 Å². The monoisotopic (exact) mass is 267 g/mol. The van der Waals surface area contributed by atoms with Gasteiger partial charge in [0.05, 0.1) is 12.7 Å². The van der Waals surface area contributed by atoms with Crippen molar-refractivity contribution < 1.29 is 13.5 Å². The van der Waals surface area contributed by atoms with Gasteiger partial charge in [-0.2, -0.15) is 0 Å². The number of benzene rings is 1. The molecule has 2 aliphatic heterocycles. The lowest BCUT2D eigenvalue weighted by Gasteiger charge is -2.36. The Bertz CT molecular complexity index is 451. The number of fused-ring (bicyclic) bond motifs is 2. The summed E-state index contributed by atoms with van der Waals surface area (Å²) in [6.45, 7) is 0.366. The highest BCUT2D eigenvalue weighted by molar-refractivity contribution is 5.17. The van der Waals surface area contributed by atoms with Crippen LogP contribution in [0, 0.1) is 11.6 Å². The largest absolute Gasteiger partial charge is 0.373 e. The predicted octanol–water partition coefficient (Wildman–Crippen LogP) is 3.11. The molecule has 19 heavy (non-hydrogen) atoms. The van der Waals surface area contributed by atoms with Crippen LogP contribution in [-0.2, 0) is 11.3 Å². The van der Waals surface area contributed by atoms with E-state index in [1.54, 1.807) is 6.07 Å². The number of hydrogen-bond donors (Lipinski definition) is 0. The Morgan fingerprint density at radius 1 is 1.16 bits per heavy atom. The fraction of sp³-hybridized carbons (Fsp3) is 0.600. The molecule has 0 spiro atoms. The fourth-order valence-electron chi connectivity index (χ4n) is 3.34. The fourth-order valence-corrected chi connectivity index (χ4v) is 3.34. The van der Waals surface area contributed by atoms with Gasteiger partial charge < -0.3 is 9.64 Å². The smallest absolute Gasteiger partial charge is 0.159 e. The third-order valence-electron chi connectivity index (χ3n) is 4.52. The Kier molecular flexibility index (Phi) is 3.54. The van der Waals surface area contributed by atoms with Crippen molar-refractivity contribution in [2.45, 2.75) is 50.5 Å². The molecule has 2 atom stereocenters. The zero-order chi connectivity index (χ0) is 13.4. The lowest BCUT2D eigenvalue weighted by atomic mass is 10.0. The number of hydrogen-bond acceptors (Lipinski definition) is 2. The summed E-state index contributed by atoms with van der Waals surface area (Å²) in [5.74, 6) is -1.61. The molecule has 104 valence electrons. The molecule has 0 saturated carbocycles. The van der Waals surface area contributed by atoms with Gasteiger partial charge in [0.25, 0.3) is 0 Å². The van der Waals surface area contributed by atoms with Crippen LogP contribution in [0.3, 0.4) is 0 Å². The first kappa shape index (κ1) is 13.0. The van der Waals surface area contributed by atoms with Crippen molar-refractivity contribution in [3.8, 4) is 0 Å². The Morgan fingerprint density at radius 2 is 1.84 bits per heavy atom. The average Bonchev–Trinajstić information content (AvgIpc) is 2.64. The molecule has 2 saturated heterocycles. The van der Waals surface area contributed by atoms with Gasteiger partial charge in [-0.25, -0.2) is 8.78 Å². The highest BCUT2D eigenvalue weighted by Crippen LogP contribution is 2.35. The maximum Gasteiger partial charge on any atom is 0.159 e. The molecule has 2 aliphatic rings. The maximum atomic E-state index is 13.1. The highest BCUT2D eigenvalue weighted by atomic mass is 19.2. The lowest BCUT2D eigenvalue weighted by molar-refractivity contribution is -0.0212. The number of nitrogens with zero attached hydrogens (tertiary/aromatic N) is 1. The van der Waals surface area contributed by atoms with Gasteiger partial charge in [-0.3, -0.25) is 0 Å². The number of halogens is 2. The van der Waals surface area contributed by atoms with Crippen molar-refractivity contribution in [1.29, 1.82) is 0 Å². The second kappa shape index (κ2) is 5.17. The van der Waals surface area contributed by atoms with E-state index in [0.29, 0.717) is 24.3 Å². The van der Waals surface area contributed by atoms with Crippen molar-refractivity contribution >= 4 is 0 Å². The van der Waals surface area contributed by atoms with Crippen molar-refractivity contribution in [1.82, 2.24) is 4.90 Å². The first-order valence-electron chi connectivity index (χ1n) is 6.91. The van der Waals surface area contributed by atoms with Gasteiger partial charge in [0, 0.05) is 12.1 Å². The van der Waals surface area contributed by atoms with Crippen LogP contribution in [0.15, 0.2) is 18.2 Å². The molecular weight excluding hydrogens is 248 g/mol. The average molecular weight is 267 g/mol. The lowest BCUT2D eigenvalue weighted by Crippen LogP contribution is -2.42.